The van der Waals surface area contributed by atoms with Crippen LogP contribution in [0.25, 0.3) is 10.8 Å². The molecule has 0 aliphatic rings. The number of rotatable bonds is 0. The normalized spacial score (nSPS) is 9.54. The summed E-state index contributed by atoms with van der Waals surface area (Å²) in [5, 5.41) is 2.05. The van der Waals surface area contributed by atoms with Gasteiger partial charge < -0.3 is 11.5 Å². The Morgan fingerprint density at radius 3 is 1.62 bits per heavy atom. The minimum absolute atomic E-state index is 0. The van der Waals surface area contributed by atoms with Crippen LogP contribution in [-0.2, 0) is 0 Å². The number of anilines is 2. The lowest BCUT2D eigenvalue weighted by atomic mass is 10.1. The van der Waals surface area contributed by atoms with Crippen LogP contribution in [0.5, 0.6) is 0 Å². The van der Waals surface area contributed by atoms with Gasteiger partial charge in [-0.25, -0.2) is 0 Å². The van der Waals surface area contributed by atoms with E-state index in [1.807, 2.05) is 36.4 Å². The second kappa shape index (κ2) is 3.39. The first-order valence-corrected chi connectivity index (χ1v) is 3.82. The van der Waals surface area contributed by atoms with Gasteiger partial charge in [-0.3, -0.25) is 0 Å². The van der Waals surface area contributed by atoms with Crippen LogP contribution in [0.4, 0.5) is 11.4 Å². The minimum Gasteiger partial charge on any atom is -0.398 e. The van der Waals surface area contributed by atoms with Gasteiger partial charge >= 0.3 is 0 Å². The van der Waals surface area contributed by atoms with Gasteiger partial charge in [-0.05, 0) is 17.5 Å². The molecule has 0 bridgehead atoms. The summed E-state index contributed by atoms with van der Waals surface area (Å²) in [5.41, 5.74) is 13.0. The fraction of sp³-hybridized carbons (Fsp3) is 0. The van der Waals surface area contributed by atoms with Gasteiger partial charge in [-0.1, -0.05) is 24.3 Å². The quantitative estimate of drug-likeness (QED) is 0.465. The van der Waals surface area contributed by atoms with Crippen LogP contribution >= 0.6 is 0 Å². The third-order valence-electron chi connectivity index (χ3n) is 1.97. The van der Waals surface area contributed by atoms with Gasteiger partial charge in [-0.2, -0.15) is 0 Å². The molecule has 0 fully saturated rings. The predicted octanol–water partition coefficient (Wildman–Crippen LogP) is 1.62. The number of nitrogens with two attached hydrogens (primary N) is 2. The van der Waals surface area contributed by atoms with Gasteiger partial charge in [0.1, 0.15) is 0 Å². The molecule has 2 aromatic carbocycles. The lowest BCUT2D eigenvalue weighted by molar-refractivity contribution is 1.71. The molecule has 3 heteroatoms. The first-order chi connectivity index (χ1) is 5.79. The van der Waals surface area contributed by atoms with Crippen molar-refractivity contribution in [3.63, 3.8) is 0 Å². The Bertz CT molecular complexity index is 389. The zero-order chi connectivity index (χ0) is 8.55. The topological polar surface area (TPSA) is 52.0 Å². The summed E-state index contributed by atoms with van der Waals surface area (Å²) in [4.78, 5) is 0. The maximum atomic E-state index is 5.78. The first-order valence-electron chi connectivity index (χ1n) is 3.82. The van der Waals surface area contributed by atoms with Crippen LogP contribution in [0.1, 0.15) is 0 Å². The number of nitrogen functional groups attached to an aromatic ring is 2. The Labute approximate surface area is 79.1 Å². The molecule has 3 radical (unpaired) electrons. The molecule has 13 heavy (non-hydrogen) atoms. The summed E-state index contributed by atoms with van der Waals surface area (Å²) in [7, 11) is 0. The van der Waals surface area contributed by atoms with Gasteiger partial charge in [0.2, 0.25) is 0 Å². The number of benzene rings is 2. The molecule has 0 unspecified atom stereocenters. The summed E-state index contributed by atoms with van der Waals surface area (Å²) in [5.74, 6) is 0. The molecule has 0 saturated heterocycles. The van der Waals surface area contributed by atoms with Gasteiger partial charge in [0, 0.05) is 25.2 Å². The summed E-state index contributed by atoms with van der Waals surface area (Å²) < 4.78 is 0. The van der Waals surface area contributed by atoms with Gasteiger partial charge in [0.05, 0.1) is 0 Å². The summed E-state index contributed by atoms with van der Waals surface area (Å²) in [6.07, 6.45) is 0. The third-order valence-corrected chi connectivity index (χ3v) is 1.97. The zero-order valence-corrected chi connectivity index (χ0v) is 7.20. The molecule has 0 heterocycles. The maximum Gasteiger partial charge on any atom is 0.0414 e. The van der Waals surface area contributed by atoms with Crippen molar-refractivity contribution in [3.8, 4) is 0 Å². The van der Waals surface area contributed by atoms with Crippen LogP contribution in [0, 0.1) is 0 Å². The average molecular weight is 169 g/mol. The Balaban J connectivity index is 0.000000845. The second-order valence-electron chi connectivity index (χ2n) is 2.79. The third kappa shape index (κ3) is 1.45. The van der Waals surface area contributed by atoms with Crippen molar-refractivity contribution in [1.29, 1.82) is 0 Å². The Hall–Kier alpha value is -1.64. The second-order valence-corrected chi connectivity index (χ2v) is 2.79. The van der Waals surface area contributed by atoms with E-state index in [-0.39, 0.29) is 8.41 Å². The minimum atomic E-state index is 0. The molecule has 2 nitrogen and oxygen atoms in total. The Morgan fingerprint density at radius 1 is 0.769 bits per heavy atom. The van der Waals surface area contributed by atoms with Crippen molar-refractivity contribution in [2.75, 3.05) is 11.5 Å². The van der Waals surface area contributed by atoms with Crippen LogP contribution in [0.15, 0.2) is 36.4 Å². The molecular formula is C10H10BN2. The molecule has 2 rings (SSSR count). The predicted molar refractivity (Wildman–Crippen MR) is 58.5 cm³/mol. The van der Waals surface area contributed by atoms with Gasteiger partial charge in [0.15, 0.2) is 0 Å². The van der Waals surface area contributed by atoms with Crippen molar-refractivity contribution in [1.82, 2.24) is 0 Å². The molecule has 63 valence electrons. The SMILES string of the molecule is Nc1cccc2cccc(N)c12.[B]. The van der Waals surface area contributed by atoms with Crippen molar-refractivity contribution >= 4 is 30.6 Å². The lowest BCUT2D eigenvalue weighted by Gasteiger charge is -2.03. The maximum absolute atomic E-state index is 5.78. The monoisotopic (exact) mass is 169 g/mol. The number of hydrogen-bond donors (Lipinski definition) is 2. The van der Waals surface area contributed by atoms with Crippen molar-refractivity contribution in [2.45, 2.75) is 0 Å². The molecule has 2 aromatic rings. The Morgan fingerprint density at radius 2 is 1.23 bits per heavy atom. The number of hydrogen-bond acceptors (Lipinski definition) is 2. The summed E-state index contributed by atoms with van der Waals surface area (Å²) >= 11 is 0. The van der Waals surface area contributed by atoms with E-state index in [9.17, 15) is 0 Å². The molecule has 4 N–H and O–H groups in total. The van der Waals surface area contributed by atoms with E-state index < -0.39 is 0 Å². The van der Waals surface area contributed by atoms with Crippen LogP contribution in [0.2, 0.25) is 0 Å². The molecule has 0 saturated carbocycles. The highest BCUT2D eigenvalue weighted by atomic mass is 14.6. The molecule has 0 aliphatic carbocycles. The summed E-state index contributed by atoms with van der Waals surface area (Å²) in [6.45, 7) is 0. The van der Waals surface area contributed by atoms with Crippen LogP contribution in [0.3, 0.4) is 0 Å². The highest BCUT2D eigenvalue weighted by Crippen LogP contribution is 2.25. The van der Waals surface area contributed by atoms with Crippen LogP contribution < -0.4 is 11.5 Å². The van der Waals surface area contributed by atoms with Gasteiger partial charge in [-0.15, -0.1) is 0 Å². The number of fused-ring (bicyclic) bond motifs is 1. The molecule has 0 spiro atoms. The molecule has 0 atom stereocenters. The standard InChI is InChI=1S/C10H10N2.B/c11-8-5-1-3-7-4-2-6-9(12)10(7)8;/h1-6H,11-12H2;. The van der Waals surface area contributed by atoms with E-state index in [1.165, 1.54) is 0 Å². The fourth-order valence-electron chi connectivity index (χ4n) is 1.40. The van der Waals surface area contributed by atoms with E-state index in [0.29, 0.717) is 0 Å². The van der Waals surface area contributed by atoms with E-state index in [4.69, 9.17) is 11.5 Å². The van der Waals surface area contributed by atoms with E-state index in [2.05, 4.69) is 0 Å². The van der Waals surface area contributed by atoms with Gasteiger partial charge in [0.25, 0.3) is 0 Å². The average Bonchev–Trinajstić information content (AvgIpc) is 2.04. The van der Waals surface area contributed by atoms with Crippen molar-refractivity contribution in [3.05, 3.63) is 36.4 Å². The van der Waals surface area contributed by atoms with E-state index >= 15 is 0 Å². The smallest absolute Gasteiger partial charge is 0.0414 e. The van der Waals surface area contributed by atoms with Crippen LogP contribution in [-0.4, -0.2) is 8.41 Å². The summed E-state index contributed by atoms with van der Waals surface area (Å²) in [6, 6.07) is 11.6. The zero-order valence-electron chi connectivity index (χ0n) is 7.20. The largest absolute Gasteiger partial charge is 0.398 e. The van der Waals surface area contributed by atoms with Crippen molar-refractivity contribution < 1.29 is 0 Å². The van der Waals surface area contributed by atoms with E-state index in [1.54, 1.807) is 0 Å². The molecule has 0 aliphatic heterocycles. The Kier molecular flexibility index (Phi) is 2.47. The fourth-order valence-corrected chi connectivity index (χ4v) is 1.40. The molecule has 0 amide bonds. The first kappa shape index (κ1) is 9.45. The molecular weight excluding hydrogens is 159 g/mol. The highest BCUT2D eigenvalue weighted by molar-refractivity contribution is 6.01. The lowest BCUT2D eigenvalue weighted by Crippen LogP contribution is -1.91. The van der Waals surface area contributed by atoms with E-state index in [0.717, 1.165) is 22.1 Å². The van der Waals surface area contributed by atoms with Crippen molar-refractivity contribution in [2.24, 2.45) is 0 Å². The molecule has 0 aromatic heterocycles. The highest BCUT2D eigenvalue weighted by Gasteiger charge is 1.98.